The van der Waals surface area contributed by atoms with Crippen molar-refractivity contribution in [3.63, 3.8) is 0 Å². The molecular formula is C15H17BrN2O3. The number of hydrogen-bond acceptors (Lipinski definition) is 3. The minimum atomic E-state index is -0.504. The standard InChI is InChI=1S/C15H17BrN2O3/c1-3-8-21-14(19)12-9(2)17-15(20)18-13(12)10-4-6-11(16)7-5-10/h4-7,13H,3,8H2,1-2H3,(H2,17,18,20). The molecule has 2 rings (SSSR count). The van der Waals surface area contributed by atoms with Crippen molar-refractivity contribution in [2.24, 2.45) is 0 Å². The van der Waals surface area contributed by atoms with Crippen molar-refractivity contribution in [1.29, 1.82) is 0 Å². The largest absolute Gasteiger partial charge is 0.462 e. The molecule has 6 heteroatoms. The topological polar surface area (TPSA) is 67.4 Å². The van der Waals surface area contributed by atoms with Crippen LogP contribution in [-0.2, 0) is 9.53 Å². The maximum Gasteiger partial charge on any atom is 0.338 e. The molecule has 0 bridgehead atoms. The highest BCUT2D eigenvalue weighted by Crippen LogP contribution is 2.28. The third kappa shape index (κ3) is 3.64. The van der Waals surface area contributed by atoms with Gasteiger partial charge >= 0.3 is 12.0 Å². The number of urea groups is 1. The second kappa shape index (κ2) is 6.76. The van der Waals surface area contributed by atoms with Crippen LogP contribution in [0.4, 0.5) is 4.79 Å². The minimum absolute atomic E-state index is 0.326. The zero-order valence-corrected chi connectivity index (χ0v) is 13.5. The lowest BCUT2D eigenvalue weighted by atomic mass is 9.96. The molecular weight excluding hydrogens is 336 g/mol. The van der Waals surface area contributed by atoms with E-state index in [9.17, 15) is 9.59 Å². The molecule has 0 saturated carbocycles. The van der Waals surface area contributed by atoms with Crippen molar-refractivity contribution in [1.82, 2.24) is 10.6 Å². The van der Waals surface area contributed by atoms with Gasteiger partial charge in [-0.25, -0.2) is 9.59 Å². The highest BCUT2D eigenvalue weighted by atomic mass is 79.9. The maximum atomic E-state index is 12.2. The monoisotopic (exact) mass is 352 g/mol. The van der Waals surface area contributed by atoms with Gasteiger partial charge in [0.15, 0.2) is 0 Å². The zero-order chi connectivity index (χ0) is 15.4. The molecule has 2 amide bonds. The SMILES string of the molecule is CCCOC(=O)C1=C(C)NC(=O)NC1c1ccc(Br)cc1. The second-order valence-electron chi connectivity index (χ2n) is 4.76. The summed E-state index contributed by atoms with van der Waals surface area (Å²) in [5, 5.41) is 5.38. The van der Waals surface area contributed by atoms with Crippen LogP contribution in [0.3, 0.4) is 0 Å². The van der Waals surface area contributed by atoms with Crippen molar-refractivity contribution in [3.8, 4) is 0 Å². The van der Waals surface area contributed by atoms with Gasteiger partial charge in [-0.1, -0.05) is 35.0 Å². The number of benzene rings is 1. The van der Waals surface area contributed by atoms with Crippen molar-refractivity contribution in [2.45, 2.75) is 26.3 Å². The number of rotatable bonds is 4. The molecule has 0 aromatic heterocycles. The number of allylic oxidation sites excluding steroid dienone is 1. The molecule has 1 aliphatic heterocycles. The molecule has 1 heterocycles. The van der Waals surface area contributed by atoms with E-state index >= 15 is 0 Å². The zero-order valence-electron chi connectivity index (χ0n) is 11.9. The van der Waals surface area contributed by atoms with Crippen LogP contribution in [0.5, 0.6) is 0 Å². The van der Waals surface area contributed by atoms with Crippen LogP contribution in [0.25, 0.3) is 0 Å². The summed E-state index contributed by atoms with van der Waals surface area (Å²) < 4.78 is 6.15. The molecule has 5 nitrogen and oxygen atoms in total. The van der Waals surface area contributed by atoms with Gasteiger partial charge in [0.2, 0.25) is 0 Å². The quantitative estimate of drug-likeness (QED) is 0.818. The average Bonchev–Trinajstić information content (AvgIpc) is 2.44. The van der Waals surface area contributed by atoms with Gasteiger partial charge in [0.25, 0.3) is 0 Å². The lowest BCUT2D eigenvalue weighted by Crippen LogP contribution is -2.45. The number of hydrogen-bond donors (Lipinski definition) is 2. The number of carbonyl (C=O) groups excluding carboxylic acids is 2. The van der Waals surface area contributed by atoms with Gasteiger partial charge in [0.1, 0.15) is 0 Å². The number of amides is 2. The Morgan fingerprint density at radius 1 is 1.33 bits per heavy atom. The van der Waals surface area contributed by atoms with Crippen LogP contribution in [0, 0.1) is 0 Å². The van der Waals surface area contributed by atoms with Crippen LogP contribution in [0.2, 0.25) is 0 Å². The molecule has 0 saturated heterocycles. The summed E-state index contributed by atoms with van der Waals surface area (Å²) in [5.74, 6) is -0.408. The molecule has 1 aromatic rings. The number of ether oxygens (including phenoxy) is 1. The normalized spacial score (nSPS) is 18.0. The molecule has 0 aliphatic carbocycles. The molecule has 0 spiro atoms. The van der Waals surface area contributed by atoms with Crippen LogP contribution < -0.4 is 10.6 Å². The Labute approximate surface area is 131 Å². The third-order valence-electron chi connectivity index (χ3n) is 3.13. The smallest absolute Gasteiger partial charge is 0.338 e. The molecule has 1 aromatic carbocycles. The van der Waals surface area contributed by atoms with E-state index in [0.717, 1.165) is 16.5 Å². The summed E-state index contributed by atoms with van der Waals surface area (Å²) in [7, 11) is 0. The molecule has 112 valence electrons. The maximum absolute atomic E-state index is 12.2. The molecule has 1 unspecified atom stereocenters. The van der Waals surface area contributed by atoms with Gasteiger partial charge in [-0.2, -0.15) is 0 Å². The van der Waals surface area contributed by atoms with Crippen LogP contribution >= 0.6 is 15.9 Å². The third-order valence-corrected chi connectivity index (χ3v) is 3.66. The fourth-order valence-corrected chi connectivity index (χ4v) is 2.41. The van der Waals surface area contributed by atoms with Gasteiger partial charge in [-0.05, 0) is 31.0 Å². The first-order valence-corrected chi connectivity index (χ1v) is 7.53. The number of esters is 1. The van der Waals surface area contributed by atoms with Crippen LogP contribution in [0.15, 0.2) is 40.0 Å². The molecule has 2 N–H and O–H groups in total. The fraction of sp³-hybridized carbons (Fsp3) is 0.333. The Balaban J connectivity index is 2.35. The Hall–Kier alpha value is -1.82. The summed E-state index contributed by atoms with van der Waals surface area (Å²) in [6.07, 6.45) is 0.751. The lowest BCUT2D eigenvalue weighted by molar-refractivity contribution is -0.139. The van der Waals surface area contributed by atoms with Crippen molar-refractivity contribution < 1.29 is 14.3 Å². The first-order chi connectivity index (χ1) is 10.0. The van der Waals surface area contributed by atoms with Gasteiger partial charge in [-0.15, -0.1) is 0 Å². The van der Waals surface area contributed by atoms with E-state index in [4.69, 9.17) is 4.74 Å². The van der Waals surface area contributed by atoms with Crippen LogP contribution in [0.1, 0.15) is 31.9 Å². The van der Waals surface area contributed by atoms with E-state index in [1.165, 1.54) is 0 Å². The molecule has 21 heavy (non-hydrogen) atoms. The Morgan fingerprint density at radius 3 is 2.62 bits per heavy atom. The summed E-state index contributed by atoms with van der Waals surface area (Å²) in [4.78, 5) is 23.9. The van der Waals surface area contributed by atoms with Crippen molar-refractivity contribution in [2.75, 3.05) is 6.61 Å². The summed E-state index contributed by atoms with van der Waals surface area (Å²) in [6.45, 7) is 3.99. The first-order valence-electron chi connectivity index (χ1n) is 6.73. The predicted molar refractivity (Wildman–Crippen MR) is 82.5 cm³/mol. The van der Waals surface area contributed by atoms with Gasteiger partial charge in [-0.3, -0.25) is 0 Å². The summed E-state index contributed by atoms with van der Waals surface area (Å²) >= 11 is 3.37. The highest BCUT2D eigenvalue weighted by Gasteiger charge is 2.31. The summed E-state index contributed by atoms with van der Waals surface area (Å²) in [5.41, 5.74) is 1.79. The van der Waals surface area contributed by atoms with Gasteiger partial charge < -0.3 is 15.4 Å². The van der Waals surface area contributed by atoms with Gasteiger partial charge in [0, 0.05) is 10.2 Å². The van der Waals surface area contributed by atoms with E-state index in [-0.39, 0.29) is 6.03 Å². The van der Waals surface area contributed by atoms with E-state index < -0.39 is 12.0 Å². The van der Waals surface area contributed by atoms with E-state index in [2.05, 4.69) is 26.6 Å². The number of nitrogens with one attached hydrogen (secondary N) is 2. The average molecular weight is 353 g/mol. The lowest BCUT2D eigenvalue weighted by Gasteiger charge is -2.28. The Kier molecular flexibility index (Phi) is 5.01. The molecule has 0 fully saturated rings. The highest BCUT2D eigenvalue weighted by molar-refractivity contribution is 9.10. The van der Waals surface area contributed by atoms with Crippen molar-refractivity contribution >= 4 is 27.9 Å². The van der Waals surface area contributed by atoms with Crippen molar-refractivity contribution in [3.05, 3.63) is 45.6 Å². The first kappa shape index (κ1) is 15.6. The molecule has 0 radical (unpaired) electrons. The Morgan fingerprint density at radius 2 is 2.00 bits per heavy atom. The minimum Gasteiger partial charge on any atom is -0.462 e. The Bertz CT molecular complexity index is 581. The number of carbonyl (C=O) groups is 2. The predicted octanol–water partition coefficient (Wildman–Crippen LogP) is 3.03. The molecule has 1 aliphatic rings. The molecule has 1 atom stereocenters. The number of halogens is 1. The van der Waals surface area contributed by atoms with E-state index in [1.54, 1.807) is 6.92 Å². The van der Waals surface area contributed by atoms with Crippen LogP contribution in [-0.4, -0.2) is 18.6 Å². The van der Waals surface area contributed by atoms with E-state index in [1.807, 2.05) is 31.2 Å². The fourth-order valence-electron chi connectivity index (χ4n) is 2.14. The summed E-state index contributed by atoms with van der Waals surface area (Å²) in [6, 6.07) is 6.63. The second-order valence-corrected chi connectivity index (χ2v) is 5.67. The van der Waals surface area contributed by atoms with E-state index in [0.29, 0.717) is 17.9 Å². The van der Waals surface area contributed by atoms with Gasteiger partial charge in [0.05, 0.1) is 18.2 Å².